The maximum atomic E-state index is 12.4. The number of aromatic nitrogens is 1. The van der Waals surface area contributed by atoms with Gasteiger partial charge in [-0.2, -0.15) is 0 Å². The Kier molecular flexibility index (Phi) is 6.41. The van der Waals surface area contributed by atoms with Crippen LogP contribution in [-0.2, 0) is 22.7 Å². The van der Waals surface area contributed by atoms with Crippen LogP contribution in [0.15, 0.2) is 47.8 Å². The first-order valence-electron chi connectivity index (χ1n) is 9.09. The van der Waals surface area contributed by atoms with Gasteiger partial charge < -0.3 is 9.84 Å². The van der Waals surface area contributed by atoms with Gasteiger partial charge in [-0.1, -0.05) is 30.3 Å². The van der Waals surface area contributed by atoms with Gasteiger partial charge in [-0.3, -0.25) is 9.69 Å². The molecule has 0 saturated carbocycles. The molecule has 7 heteroatoms. The number of benzene rings is 2. The van der Waals surface area contributed by atoms with Crippen LogP contribution in [0.5, 0.6) is 0 Å². The second-order valence-corrected chi connectivity index (χ2v) is 7.48. The van der Waals surface area contributed by atoms with Crippen LogP contribution in [0.4, 0.5) is 10.8 Å². The van der Waals surface area contributed by atoms with Crippen LogP contribution in [0.25, 0.3) is 0 Å². The van der Waals surface area contributed by atoms with E-state index in [0.717, 1.165) is 22.4 Å². The number of amides is 1. The van der Waals surface area contributed by atoms with E-state index in [1.54, 1.807) is 34.5 Å². The number of hydrogen-bond acceptors (Lipinski definition) is 6. The summed E-state index contributed by atoms with van der Waals surface area (Å²) in [6.07, 6.45) is 0. The number of aliphatic hydroxyl groups is 1. The summed E-state index contributed by atoms with van der Waals surface area (Å²) in [4.78, 5) is 30.6. The number of carbonyl (C=O) groups excluding carboxylic acids is 2. The summed E-state index contributed by atoms with van der Waals surface area (Å²) in [6.45, 7) is 5.34. The Labute approximate surface area is 173 Å². The zero-order valence-electron chi connectivity index (χ0n) is 16.5. The van der Waals surface area contributed by atoms with Crippen molar-refractivity contribution in [2.45, 2.75) is 34.0 Å². The lowest BCUT2D eigenvalue weighted by atomic mass is 10.1. The predicted molar refractivity (Wildman–Crippen MR) is 112 cm³/mol. The molecule has 1 heterocycles. The van der Waals surface area contributed by atoms with Crippen LogP contribution in [-0.4, -0.2) is 22.0 Å². The molecule has 3 rings (SSSR count). The standard InChI is InChI=1S/C22H22N2O4S/c1-14-5-4-6-15(2)20(14)24(16(3)26)22-23-19(13-29-22)12-28-21(27)18-9-7-17(11-25)8-10-18/h4-10,13,25H,11-12H2,1-3H3. The molecule has 29 heavy (non-hydrogen) atoms. The van der Waals surface area contributed by atoms with Gasteiger partial charge in [0.25, 0.3) is 0 Å². The number of hydrogen-bond donors (Lipinski definition) is 1. The Morgan fingerprint density at radius 1 is 1.10 bits per heavy atom. The highest BCUT2D eigenvalue weighted by Crippen LogP contribution is 2.33. The SMILES string of the molecule is CC(=O)N(c1nc(COC(=O)c2ccc(CO)cc2)cs1)c1c(C)cccc1C. The first kappa shape index (κ1) is 20.7. The first-order chi connectivity index (χ1) is 13.9. The van der Waals surface area contributed by atoms with E-state index in [2.05, 4.69) is 4.98 Å². The van der Waals surface area contributed by atoms with Gasteiger partial charge in [0, 0.05) is 12.3 Å². The number of carbonyl (C=O) groups is 2. The highest BCUT2D eigenvalue weighted by Gasteiger charge is 2.21. The summed E-state index contributed by atoms with van der Waals surface area (Å²) < 4.78 is 5.33. The molecule has 0 radical (unpaired) electrons. The number of aliphatic hydroxyl groups excluding tert-OH is 1. The van der Waals surface area contributed by atoms with Crippen molar-refractivity contribution in [3.8, 4) is 0 Å². The number of rotatable bonds is 6. The number of para-hydroxylation sites is 1. The molecular formula is C22H22N2O4S. The topological polar surface area (TPSA) is 79.7 Å². The molecule has 150 valence electrons. The molecule has 1 aromatic heterocycles. The maximum Gasteiger partial charge on any atom is 0.338 e. The van der Waals surface area contributed by atoms with Gasteiger partial charge in [-0.25, -0.2) is 9.78 Å². The molecule has 0 aliphatic carbocycles. The Morgan fingerprint density at radius 3 is 2.34 bits per heavy atom. The van der Waals surface area contributed by atoms with Crippen LogP contribution in [0, 0.1) is 13.8 Å². The van der Waals surface area contributed by atoms with Gasteiger partial charge in [0.05, 0.1) is 23.6 Å². The minimum absolute atomic E-state index is 0.00951. The molecule has 0 atom stereocenters. The van der Waals surface area contributed by atoms with E-state index in [-0.39, 0.29) is 19.1 Å². The van der Waals surface area contributed by atoms with Gasteiger partial charge in [0.15, 0.2) is 5.13 Å². The fourth-order valence-corrected chi connectivity index (χ4v) is 3.84. The summed E-state index contributed by atoms with van der Waals surface area (Å²) in [5, 5.41) is 11.4. The summed E-state index contributed by atoms with van der Waals surface area (Å²) in [6, 6.07) is 12.4. The molecule has 0 aliphatic rings. The van der Waals surface area contributed by atoms with Gasteiger partial charge in [0.1, 0.15) is 6.61 Å². The molecule has 0 aliphatic heterocycles. The van der Waals surface area contributed by atoms with Gasteiger partial charge in [-0.15, -0.1) is 11.3 Å². The number of ether oxygens (including phenoxy) is 1. The molecule has 0 fully saturated rings. The second-order valence-electron chi connectivity index (χ2n) is 6.65. The van der Waals surface area contributed by atoms with Crippen LogP contribution in [0.3, 0.4) is 0 Å². The van der Waals surface area contributed by atoms with Crippen LogP contribution >= 0.6 is 11.3 Å². The number of anilines is 2. The van der Waals surface area contributed by atoms with Crippen molar-refractivity contribution in [2.75, 3.05) is 4.90 Å². The van der Waals surface area contributed by atoms with Gasteiger partial charge in [0.2, 0.25) is 5.91 Å². The lowest BCUT2D eigenvalue weighted by Crippen LogP contribution is -2.24. The summed E-state index contributed by atoms with van der Waals surface area (Å²) in [5.41, 5.74) is 4.48. The molecule has 0 spiro atoms. The predicted octanol–water partition coefficient (Wildman–Crippen LogP) is 4.29. The van der Waals surface area contributed by atoms with Crippen molar-refractivity contribution in [2.24, 2.45) is 0 Å². The quantitative estimate of drug-likeness (QED) is 0.613. The van der Waals surface area contributed by atoms with Gasteiger partial charge >= 0.3 is 5.97 Å². The molecule has 1 amide bonds. The molecule has 3 aromatic rings. The lowest BCUT2D eigenvalue weighted by Gasteiger charge is -2.22. The normalized spacial score (nSPS) is 10.6. The van der Waals surface area contributed by atoms with Crippen molar-refractivity contribution >= 4 is 34.0 Å². The van der Waals surface area contributed by atoms with Crippen LogP contribution in [0.2, 0.25) is 0 Å². The molecule has 0 unspecified atom stereocenters. The van der Waals surface area contributed by atoms with E-state index in [1.165, 1.54) is 18.3 Å². The number of aryl methyl sites for hydroxylation is 2. The summed E-state index contributed by atoms with van der Waals surface area (Å²) >= 11 is 1.33. The Bertz CT molecular complexity index is 1010. The monoisotopic (exact) mass is 410 g/mol. The molecule has 0 saturated heterocycles. The van der Waals surface area contributed by atoms with Gasteiger partial charge in [-0.05, 0) is 42.7 Å². The van der Waals surface area contributed by atoms with Crippen LogP contribution < -0.4 is 4.90 Å². The largest absolute Gasteiger partial charge is 0.456 e. The minimum atomic E-state index is -0.470. The van der Waals surface area contributed by atoms with Crippen molar-refractivity contribution in [3.63, 3.8) is 0 Å². The van der Waals surface area contributed by atoms with Crippen molar-refractivity contribution < 1.29 is 19.4 Å². The maximum absolute atomic E-state index is 12.4. The Morgan fingerprint density at radius 2 is 1.76 bits per heavy atom. The fourth-order valence-electron chi connectivity index (χ4n) is 2.98. The van der Waals surface area contributed by atoms with Crippen molar-refractivity contribution in [1.82, 2.24) is 4.98 Å². The molecule has 6 nitrogen and oxygen atoms in total. The summed E-state index contributed by atoms with van der Waals surface area (Å²) in [7, 11) is 0. The molecule has 0 bridgehead atoms. The second kappa shape index (κ2) is 8.98. The lowest BCUT2D eigenvalue weighted by molar-refractivity contribution is -0.115. The fraction of sp³-hybridized carbons (Fsp3) is 0.227. The van der Waals surface area contributed by atoms with Crippen molar-refractivity contribution in [1.29, 1.82) is 0 Å². The Hall–Kier alpha value is -3.03. The van der Waals surface area contributed by atoms with E-state index >= 15 is 0 Å². The molecule has 1 N–H and O–H groups in total. The zero-order valence-corrected chi connectivity index (χ0v) is 17.3. The molecular weight excluding hydrogens is 388 g/mol. The van der Waals surface area contributed by atoms with E-state index in [1.807, 2.05) is 32.0 Å². The number of thiazole rings is 1. The van der Waals surface area contributed by atoms with E-state index < -0.39 is 5.97 Å². The highest BCUT2D eigenvalue weighted by atomic mass is 32.1. The Balaban J connectivity index is 1.75. The van der Waals surface area contributed by atoms with E-state index in [4.69, 9.17) is 9.84 Å². The zero-order chi connectivity index (χ0) is 21.0. The first-order valence-corrected chi connectivity index (χ1v) is 9.97. The third kappa shape index (κ3) is 4.70. The average Bonchev–Trinajstić information content (AvgIpc) is 3.17. The minimum Gasteiger partial charge on any atom is -0.456 e. The van der Waals surface area contributed by atoms with E-state index in [0.29, 0.717) is 16.4 Å². The van der Waals surface area contributed by atoms with E-state index in [9.17, 15) is 9.59 Å². The summed E-state index contributed by atoms with van der Waals surface area (Å²) in [5.74, 6) is -0.605. The molecule has 2 aromatic carbocycles. The third-order valence-corrected chi connectivity index (χ3v) is 5.31. The number of esters is 1. The average molecular weight is 410 g/mol. The highest BCUT2D eigenvalue weighted by molar-refractivity contribution is 7.14. The van der Waals surface area contributed by atoms with Crippen LogP contribution in [0.1, 0.15) is 39.7 Å². The van der Waals surface area contributed by atoms with Crippen molar-refractivity contribution in [3.05, 3.63) is 75.8 Å². The number of nitrogens with zero attached hydrogens (tertiary/aromatic N) is 2. The smallest absolute Gasteiger partial charge is 0.338 e. The third-order valence-electron chi connectivity index (χ3n) is 4.43.